The van der Waals surface area contributed by atoms with Gasteiger partial charge < -0.3 is 11.5 Å². The molecule has 0 aliphatic carbocycles. The van der Waals surface area contributed by atoms with E-state index < -0.39 is 9.35 Å². The lowest BCUT2D eigenvalue weighted by Crippen LogP contribution is -2.30. The van der Waals surface area contributed by atoms with Crippen molar-refractivity contribution in [1.82, 2.24) is 0 Å². The zero-order valence-electron chi connectivity index (χ0n) is 10.0. The van der Waals surface area contributed by atoms with Gasteiger partial charge in [0.15, 0.2) is 0 Å². The first kappa shape index (κ1) is 12.6. The fraction of sp³-hybridized carbons (Fsp3) is 0.0769. The summed E-state index contributed by atoms with van der Waals surface area (Å²) in [7, 11) is -4.07. The molecule has 96 valence electrons. The van der Waals surface area contributed by atoms with Crippen LogP contribution in [0.5, 0.6) is 0 Å². The Morgan fingerprint density at radius 2 is 1.11 bits per heavy atom. The van der Waals surface area contributed by atoms with Gasteiger partial charge in [0.1, 0.15) is 0 Å². The summed E-state index contributed by atoms with van der Waals surface area (Å²) in [5.41, 5.74) is 12.3. The zero-order valence-corrected chi connectivity index (χ0v) is 10.9. The first-order valence-electron chi connectivity index (χ1n) is 5.39. The molecule has 0 saturated heterocycles. The largest absolute Gasteiger partial charge is 0.399 e. The van der Waals surface area contributed by atoms with Crippen LogP contribution in [0, 0.1) is 0 Å². The number of anilines is 2. The van der Waals surface area contributed by atoms with Gasteiger partial charge in [-0.25, -0.2) is 0 Å². The Morgan fingerprint density at radius 3 is 1.39 bits per heavy atom. The standard InChI is InChI=1S/C13H16N2O2S/c1-18(16,17,12-6-2-10(14)3-7-12)13-8-4-11(15)5-9-13/h2-9H,14-15H2,1H3,(H,16,17). The van der Waals surface area contributed by atoms with Crippen LogP contribution in [-0.2, 0) is 9.35 Å². The highest BCUT2D eigenvalue weighted by Gasteiger charge is 2.26. The molecule has 18 heavy (non-hydrogen) atoms. The van der Waals surface area contributed by atoms with Crippen LogP contribution >= 0.6 is 0 Å². The van der Waals surface area contributed by atoms with Crippen LogP contribution in [0.15, 0.2) is 58.3 Å². The van der Waals surface area contributed by atoms with Gasteiger partial charge in [0.2, 0.25) is 0 Å². The van der Waals surface area contributed by atoms with Gasteiger partial charge in [0.25, 0.3) is 0 Å². The lowest BCUT2D eigenvalue weighted by Gasteiger charge is -2.39. The lowest BCUT2D eigenvalue weighted by molar-refractivity contribution is 0.519. The van der Waals surface area contributed by atoms with Crippen molar-refractivity contribution < 1.29 is 8.76 Å². The molecule has 0 unspecified atom stereocenters. The summed E-state index contributed by atoms with van der Waals surface area (Å²) in [5.74, 6) is 0. The highest BCUT2D eigenvalue weighted by atomic mass is 32.3. The van der Waals surface area contributed by atoms with Crippen molar-refractivity contribution in [3.05, 3.63) is 48.5 Å². The minimum absolute atomic E-state index is 0.339. The molecule has 4 nitrogen and oxygen atoms in total. The third kappa shape index (κ3) is 2.10. The second kappa shape index (κ2) is 3.83. The molecular formula is C13H16N2O2S. The average Bonchev–Trinajstić information content (AvgIpc) is 2.29. The fourth-order valence-electron chi connectivity index (χ4n) is 1.71. The van der Waals surface area contributed by atoms with E-state index in [1.54, 1.807) is 48.5 Å². The van der Waals surface area contributed by atoms with Crippen molar-refractivity contribution in [3.63, 3.8) is 0 Å². The van der Waals surface area contributed by atoms with Crippen molar-refractivity contribution >= 4 is 20.7 Å². The molecule has 0 amide bonds. The van der Waals surface area contributed by atoms with Crippen LogP contribution < -0.4 is 11.5 Å². The molecule has 5 heteroatoms. The Labute approximate surface area is 106 Å². The third-order valence-electron chi connectivity index (χ3n) is 2.87. The maximum absolute atomic E-state index is 12.9. The number of nitrogens with two attached hydrogens (primary N) is 2. The monoisotopic (exact) mass is 264 g/mol. The zero-order chi connectivity index (χ0) is 13.4. The predicted molar refractivity (Wildman–Crippen MR) is 74.9 cm³/mol. The van der Waals surface area contributed by atoms with Gasteiger partial charge in [-0.2, -0.15) is 4.21 Å². The molecule has 0 bridgehead atoms. The van der Waals surface area contributed by atoms with Crippen LogP contribution in [0.25, 0.3) is 0 Å². The number of nitrogen functional groups attached to an aromatic ring is 2. The molecule has 0 saturated carbocycles. The van der Waals surface area contributed by atoms with Crippen molar-refractivity contribution in [3.8, 4) is 0 Å². The van der Waals surface area contributed by atoms with E-state index in [4.69, 9.17) is 11.5 Å². The molecule has 0 aliphatic heterocycles. The first-order valence-corrected chi connectivity index (χ1v) is 7.72. The summed E-state index contributed by atoms with van der Waals surface area (Å²) in [4.78, 5) is 0.678. The molecule has 0 spiro atoms. The molecule has 0 aromatic heterocycles. The molecule has 5 N–H and O–H groups in total. The predicted octanol–water partition coefficient (Wildman–Crippen LogP) is 2.19. The van der Waals surface area contributed by atoms with Crippen molar-refractivity contribution in [2.45, 2.75) is 9.79 Å². The molecule has 0 radical (unpaired) electrons. The Bertz CT molecular complexity index is 576. The number of benzene rings is 2. The smallest absolute Gasteiger partial charge is 0.0589 e. The normalized spacial score (nSPS) is 13.8. The summed E-state index contributed by atoms with van der Waals surface area (Å²) in [5, 5.41) is 0. The Balaban J connectivity index is 2.60. The summed E-state index contributed by atoms with van der Waals surface area (Å²) in [6, 6.07) is 12.7. The molecule has 0 aliphatic rings. The van der Waals surface area contributed by atoms with E-state index in [2.05, 4.69) is 0 Å². The molecule has 0 fully saturated rings. The lowest BCUT2D eigenvalue weighted by atomic mass is 10.3. The SMILES string of the molecule is CS(=O)(O)(c1ccc(N)cc1)c1ccc(N)cc1. The van der Waals surface area contributed by atoms with Gasteiger partial charge in [-0.3, -0.25) is 4.55 Å². The van der Waals surface area contributed by atoms with Gasteiger partial charge in [-0.1, -0.05) is 0 Å². The topological polar surface area (TPSA) is 89.3 Å². The van der Waals surface area contributed by atoms with E-state index in [9.17, 15) is 8.76 Å². The second-order valence-electron chi connectivity index (χ2n) is 4.42. The van der Waals surface area contributed by atoms with Gasteiger partial charge >= 0.3 is 0 Å². The van der Waals surface area contributed by atoms with Crippen LogP contribution in [-0.4, -0.2) is 15.0 Å². The quantitative estimate of drug-likeness (QED) is 0.725. The third-order valence-corrected chi connectivity index (χ3v) is 5.64. The van der Waals surface area contributed by atoms with Crippen LogP contribution in [0.4, 0.5) is 11.4 Å². The van der Waals surface area contributed by atoms with E-state index in [1.165, 1.54) is 6.26 Å². The second-order valence-corrected chi connectivity index (χ2v) is 7.93. The van der Waals surface area contributed by atoms with Gasteiger partial charge in [0, 0.05) is 17.6 Å². The summed E-state index contributed by atoms with van der Waals surface area (Å²) >= 11 is 0. The van der Waals surface area contributed by atoms with Gasteiger partial charge in [-0.15, -0.1) is 9.35 Å². The Hall–Kier alpha value is -1.85. The van der Waals surface area contributed by atoms with Gasteiger partial charge in [-0.05, 0) is 48.5 Å². The molecule has 2 rings (SSSR count). The van der Waals surface area contributed by atoms with Crippen LogP contribution in [0.2, 0.25) is 0 Å². The van der Waals surface area contributed by atoms with E-state index in [0.29, 0.717) is 21.2 Å². The molecule has 2 aromatic carbocycles. The van der Waals surface area contributed by atoms with E-state index >= 15 is 0 Å². The highest BCUT2D eigenvalue weighted by Crippen LogP contribution is 2.38. The molecular weight excluding hydrogens is 248 g/mol. The molecule has 0 atom stereocenters. The minimum Gasteiger partial charge on any atom is -0.399 e. The summed E-state index contributed by atoms with van der Waals surface area (Å²) in [6.45, 7) is 0. The van der Waals surface area contributed by atoms with Crippen LogP contribution in [0.3, 0.4) is 0 Å². The number of hydrogen-bond acceptors (Lipinski definition) is 3. The van der Waals surface area contributed by atoms with E-state index in [1.807, 2.05) is 0 Å². The van der Waals surface area contributed by atoms with Crippen molar-refractivity contribution in [2.24, 2.45) is 0 Å². The minimum atomic E-state index is -4.07. The average molecular weight is 264 g/mol. The molecule has 2 aromatic rings. The van der Waals surface area contributed by atoms with Gasteiger partial charge in [0.05, 0.1) is 9.79 Å². The molecule has 0 heterocycles. The van der Waals surface area contributed by atoms with Crippen molar-refractivity contribution in [1.29, 1.82) is 0 Å². The summed E-state index contributed by atoms with van der Waals surface area (Å²) < 4.78 is 23.5. The highest BCUT2D eigenvalue weighted by molar-refractivity contribution is 8.14. The Morgan fingerprint density at radius 1 is 0.833 bits per heavy atom. The van der Waals surface area contributed by atoms with Crippen LogP contribution in [0.1, 0.15) is 0 Å². The van der Waals surface area contributed by atoms with E-state index in [-0.39, 0.29) is 0 Å². The van der Waals surface area contributed by atoms with Crippen molar-refractivity contribution in [2.75, 3.05) is 17.7 Å². The number of rotatable bonds is 2. The fourth-order valence-corrected chi connectivity index (χ4v) is 3.54. The maximum Gasteiger partial charge on any atom is 0.0589 e. The first-order chi connectivity index (χ1) is 8.28. The summed E-state index contributed by atoms with van der Waals surface area (Å²) in [6.07, 6.45) is 1.33. The van der Waals surface area contributed by atoms with E-state index in [0.717, 1.165) is 0 Å². The number of hydrogen-bond donors (Lipinski definition) is 3. The maximum atomic E-state index is 12.9. The Kier molecular flexibility index (Phi) is 2.68.